The molecule has 102 valence electrons. The fourth-order valence-electron chi connectivity index (χ4n) is 2.65. The van der Waals surface area contributed by atoms with E-state index in [1.165, 1.54) is 11.1 Å². The molecule has 0 aliphatic rings. The summed E-state index contributed by atoms with van der Waals surface area (Å²) in [5.41, 5.74) is 3.57. The normalized spacial score (nSPS) is 12.7. The van der Waals surface area contributed by atoms with Crippen molar-refractivity contribution in [2.45, 2.75) is 12.5 Å². The predicted octanol–water partition coefficient (Wildman–Crippen LogP) is 3.24. The molecule has 0 radical (unpaired) electrons. The molecule has 0 bridgehead atoms. The number of aromatic nitrogens is 2. The summed E-state index contributed by atoms with van der Waals surface area (Å²) in [6, 6.07) is 19.3. The molecule has 3 rings (SSSR count). The highest BCUT2D eigenvalue weighted by atomic mass is 15.1. The van der Waals surface area contributed by atoms with Crippen LogP contribution < -0.4 is 5.32 Å². The number of benzene rings is 2. The number of fused-ring (bicyclic) bond motifs is 1. The largest absolute Gasteiger partial charge is 0.323 e. The molecule has 0 fully saturated rings. The van der Waals surface area contributed by atoms with Crippen molar-refractivity contribution < 1.29 is 0 Å². The molecule has 3 aromatic rings. The van der Waals surface area contributed by atoms with Gasteiger partial charge in [-0.05, 0) is 37.7 Å². The first-order valence-corrected chi connectivity index (χ1v) is 7.01. The fraction of sp³-hybridized carbons (Fsp3) is 0.235. The zero-order valence-electron chi connectivity index (χ0n) is 11.7. The third-order valence-electron chi connectivity index (χ3n) is 3.67. The molecule has 0 aliphatic carbocycles. The van der Waals surface area contributed by atoms with E-state index in [1.54, 1.807) is 0 Å². The van der Waals surface area contributed by atoms with Gasteiger partial charge < -0.3 is 9.88 Å². The third-order valence-corrected chi connectivity index (χ3v) is 3.67. The highest BCUT2D eigenvalue weighted by molar-refractivity contribution is 5.75. The van der Waals surface area contributed by atoms with Gasteiger partial charge in [0.1, 0.15) is 0 Å². The molecule has 0 aliphatic heterocycles. The minimum Gasteiger partial charge on any atom is -0.323 e. The van der Waals surface area contributed by atoms with Crippen LogP contribution in [-0.4, -0.2) is 23.1 Å². The van der Waals surface area contributed by atoms with Crippen LogP contribution in [0.5, 0.6) is 0 Å². The van der Waals surface area contributed by atoms with Crippen LogP contribution in [0.25, 0.3) is 11.0 Å². The zero-order chi connectivity index (χ0) is 13.8. The summed E-state index contributed by atoms with van der Waals surface area (Å²) in [4.78, 5) is 4.52. The second kappa shape index (κ2) is 5.88. The van der Waals surface area contributed by atoms with Gasteiger partial charge >= 0.3 is 0 Å². The van der Waals surface area contributed by atoms with Crippen molar-refractivity contribution in [1.82, 2.24) is 14.9 Å². The smallest absolute Gasteiger partial charge is 0.0964 e. The topological polar surface area (TPSA) is 29.9 Å². The second-order valence-electron chi connectivity index (χ2n) is 4.96. The van der Waals surface area contributed by atoms with Gasteiger partial charge in [-0.3, -0.25) is 0 Å². The summed E-state index contributed by atoms with van der Waals surface area (Å²) in [6.07, 6.45) is 3.00. The Morgan fingerprint density at radius 3 is 2.60 bits per heavy atom. The van der Waals surface area contributed by atoms with E-state index in [0.29, 0.717) is 6.04 Å². The average Bonchev–Trinajstić information content (AvgIpc) is 2.93. The van der Waals surface area contributed by atoms with Crippen molar-refractivity contribution in [3.8, 4) is 0 Å². The summed E-state index contributed by atoms with van der Waals surface area (Å²) in [6.45, 7) is 0.978. The fourth-order valence-corrected chi connectivity index (χ4v) is 2.65. The van der Waals surface area contributed by atoms with Crippen molar-refractivity contribution in [3.05, 3.63) is 66.5 Å². The number of hydrogen-bond donors (Lipinski definition) is 1. The number of hydrogen-bond acceptors (Lipinski definition) is 2. The van der Waals surface area contributed by atoms with Gasteiger partial charge in [0.05, 0.1) is 23.4 Å². The lowest BCUT2D eigenvalue weighted by Crippen LogP contribution is -2.17. The maximum absolute atomic E-state index is 4.52. The van der Waals surface area contributed by atoms with E-state index in [0.717, 1.165) is 18.5 Å². The summed E-state index contributed by atoms with van der Waals surface area (Å²) in [5.74, 6) is 0. The Morgan fingerprint density at radius 1 is 1.05 bits per heavy atom. The van der Waals surface area contributed by atoms with Gasteiger partial charge in [0, 0.05) is 0 Å². The zero-order valence-corrected chi connectivity index (χ0v) is 11.7. The average molecular weight is 265 g/mol. The van der Waals surface area contributed by atoms with Gasteiger partial charge in [0.15, 0.2) is 0 Å². The lowest BCUT2D eigenvalue weighted by atomic mass is 10.0. The molecule has 0 amide bonds. The van der Waals surface area contributed by atoms with Crippen molar-refractivity contribution in [2.75, 3.05) is 13.6 Å². The Bertz CT molecular complexity index is 673. The van der Waals surface area contributed by atoms with E-state index < -0.39 is 0 Å². The first kappa shape index (κ1) is 12.9. The lowest BCUT2D eigenvalue weighted by Gasteiger charge is -2.20. The summed E-state index contributed by atoms with van der Waals surface area (Å²) >= 11 is 0. The Morgan fingerprint density at radius 2 is 1.80 bits per heavy atom. The summed E-state index contributed by atoms with van der Waals surface area (Å²) < 4.78 is 2.28. The molecule has 3 heteroatoms. The molecule has 3 nitrogen and oxygen atoms in total. The molecule has 1 aromatic heterocycles. The van der Waals surface area contributed by atoms with Crippen molar-refractivity contribution >= 4 is 11.0 Å². The lowest BCUT2D eigenvalue weighted by molar-refractivity contribution is 0.536. The van der Waals surface area contributed by atoms with E-state index in [-0.39, 0.29) is 0 Å². The molecule has 1 N–H and O–H groups in total. The third kappa shape index (κ3) is 2.45. The maximum Gasteiger partial charge on any atom is 0.0964 e. The van der Waals surface area contributed by atoms with Gasteiger partial charge in [0.25, 0.3) is 0 Å². The highest BCUT2D eigenvalue weighted by Crippen LogP contribution is 2.25. The van der Waals surface area contributed by atoms with E-state index >= 15 is 0 Å². The Balaban J connectivity index is 2.05. The summed E-state index contributed by atoms with van der Waals surface area (Å²) in [7, 11) is 1.99. The van der Waals surface area contributed by atoms with Crippen LogP contribution in [0.15, 0.2) is 60.9 Å². The monoisotopic (exact) mass is 265 g/mol. The van der Waals surface area contributed by atoms with Gasteiger partial charge in [-0.2, -0.15) is 0 Å². The molecule has 1 heterocycles. The molecular weight excluding hydrogens is 246 g/mol. The first-order chi connectivity index (χ1) is 9.90. The van der Waals surface area contributed by atoms with Crippen LogP contribution in [0.2, 0.25) is 0 Å². The molecule has 2 aromatic carbocycles. The number of nitrogens with one attached hydrogen (secondary N) is 1. The number of para-hydroxylation sites is 2. The van der Waals surface area contributed by atoms with Gasteiger partial charge in [-0.25, -0.2) is 4.98 Å². The number of nitrogens with zero attached hydrogens (tertiary/aromatic N) is 2. The van der Waals surface area contributed by atoms with E-state index in [4.69, 9.17) is 0 Å². The Labute approximate surface area is 119 Å². The van der Waals surface area contributed by atoms with Crippen molar-refractivity contribution in [2.24, 2.45) is 0 Å². The van der Waals surface area contributed by atoms with Crippen LogP contribution >= 0.6 is 0 Å². The highest BCUT2D eigenvalue weighted by Gasteiger charge is 2.15. The number of imidazole rings is 1. The predicted molar refractivity (Wildman–Crippen MR) is 82.9 cm³/mol. The minimum absolute atomic E-state index is 0.316. The maximum atomic E-state index is 4.52. The SMILES string of the molecule is CNCCC(c1ccccc1)n1cnc2ccccc21. The van der Waals surface area contributed by atoms with E-state index in [1.807, 2.05) is 19.4 Å². The van der Waals surface area contributed by atoms with Crippen LogP contribution in [0.4, 0.5) is 0 Å². The van der Waals surface area contributed by atoms with Gasteiger partial charge in [0.2, 0.25) is 0 Å². The van der Waals surface area contributed by atoms with Crippen LogP contribution in [0, 0.1) is 0 Å². The van der Waals surface area contributed by atoms with E-state index in [9.17, 15) is 0 Å². The molecule has 20 heavy (non-hydrogen) atoms. The minimum atomic E-state index is 0.316. The Hall–Kier alpha value is -2.13. The van der Waals surface area contributed by atoms with Crippen molar-refractivity contribution in [3.63, 3.8) is 0 Å². The van der Waals surface area contributed by atoms with E-state index in [2.05, 4.69) is 63.4 Å². The molecule has 1 atom stereocenters. The summed E-state index contributed by atoms with van der Waals surface area (Å²) in [5, 5.41) is 3.24. The van der Waals surface area contributed by atoms with Gasteiger partial charge in [-0.15, -0.1) is 0 Å². The van der Waals surface area contributed by atoms with Crippen LogP contribution in [0.3, 0.4) is 0 Å². The molecule has 0 spiro atoms. The molecular formula is C17H19N3. The molecule has 1 unspecified atom stereocenters. The Kier molecular flexibility index (Phi) is 3.79. The van der Waals surface area contributed by atoms with Crippen LogP contribution in [0.1, 0.15) is 18.0 Å². The van der Waals surface area contributed by atoms with Gasteiger partial charge in [-0.1, -0.05) is 42.5 Å². The van der Waals surface area contributed by atoms with Crippen molar-refractivity contribution in [1.29, 1.82) is 0 Å². The molecule has 0 saturated carbocycles. The standard InChI is InChI=1S/C17H19N3/c1-18-12-11-16(14-7-3-2-4-8-14)20-13-19-15-9-5-6-10-17(15)20/h2-10,13,16,18H,11-12H2,1H3. The molecule has 0 saturated heterocycles. The second-order valence-corrected chi connectivity index (χ2v) is 4.96. The number of rotatable bonds is 5. The first-order valence-electron chi connectivity index (χ1n) is 7.01. The van der Waals surface area contributed by atoms with Crippen LogP contribution in [-0.2, 0) is 0 Å². The quantitative estimate of drug-likeness (QED) is 0.767.